The van der Waals surface area contributed by atoms with Crippen LogP contribution in [-0.4, -0.2) is 0 Å². The molecule has 2 nitrogen and oxygen atoms in total. The Morgan fingerprint density at radius 2 is 1.10 bits per heavy atom. The van der Waals surface area contributed by atoms with Crippen LogP contribution in [-0.2, 0) is 0 Å². The molecule has 0 N–H and O–H groups in total. The Morgan fingerprint density at radius 3 is 1.86 bits per heavy atom. The predicted molar refractivity (Wildman–Crippen MR) is 209 cm³/mol. The lowest BCUT2D eigenvalue weighted by Gasteiger charge is -2.19. The van der Waals surface area contributed by atoms with Crippen molar-refractivity contribution in [3.8, 4) is 22.3 Å². The highest BCUT2D eigenvalue weighted by Gasteiger charge is 2.20. The molecule has 0 saturated carbocycles. The summed E-state index contributed by atoms with van der Waals surface area (Å²) in [6.45, 7) is 0. The van der Waals surface area contributed by atoms with E-state index in [1.807, 2.05) is 12.1 Å². The van der Waals surface area contributed by atoms with Gasteiger partial charge in [0.15, 0.2) is 0 Å². The van der Waals surface area contributed by atoms with Crippen LogP contribution in [0.2, 0.25) is 0 Å². The number of rotatable bonds is 3. The molecule has 0 saturated heterocycles. The average molecular weight is 639 g/mol. The average Bonchev–Trinajstić information content (AvgIpc) is 3.74. The number of benzene rings is 8. The van der Waals surface area contributed by atoms with Crippen molar-refractivity contribution in [3.05, 3.63) is 168 Å². The maximum absolute atomic E-state index is 6.65. The molecule has 1 aliphatic rings. The normalized spacial score (nSPS) is 14.4. The summed E-state index contributed by atoms with van der Waals surface area (Å²) >= 11 is 0. The zero-order valence-corrected chi connectivity index (χ0v) is 27.2. The minimum atomic E-state index is 0.236. The van der Waals surface area contributed by atoms with Crippen LogP contribution in [0.4, 0.5) is 0 Å². The summed E-state index contributed by atoms with van der Waals surface area (Å²) in [4.78, 5) is 0. The molecule has 1 atom stereocenters. The summed E-state index contributed by atoms with van der Waals surface area (Å²) in [6, 6.07) is 54.8. The molecule has 0 amide bonds. The van der Waals surface area contributed by atoms with Crippen molar-refractivity contribution in [2.45, 2.75) is 12.3 Å². The SMILES string of the molecule is C1=c2oc3c(ccc4cc5oc6ccccc6c5cc43)c2=CC(c2cccc(-c3c4ccccc4c(-c4ccccc4)c4ccccc34)c2)C1. The maximum atomic E-state index is 6.65. The minimum absolute atomic E-state index is 0.236. The van der Waals surface area contributed by atoms with Gasteiger partial charge in [-0.1, -0.05) is 133 Å². The number of hydrogen-bond acceptors (Lipinski definition) is 2. The van der Waals surface area contributed by atoms with E-state index in [-0.39, 0.29) is 5.92 Å². The van der Waals surface area contributed by atoms with Gasteiger partial charge >= 0.3 is 0 Å². The fourth-order valence-corrected chi connectivity index (χ4v) is 8.47. The second kappa shape index (κ2) is 10.6. The Bertz CT molecular complexity index is 3070. The van der Waals surface area contributed by atoms with Gasteiger partial charge in [0, 0.05) is 32.7 Å². The van der Waals surface area contributed by atoms with E-state index in [0.29, 0.717) is 0 Å². The van der Waals surface area contributed by atoms with Gasteiger partial charge in [0.25, 0.3) is 0 Å². The number of fused-ring (bicyclic) bond motifs is 10. The van der Waals surface area contributed by atoms with Crippen LogP contribution in [0.25, 0.3) is 99.6 Å². The lowest BCUT2D eigenvalue weighted by atomic mass is 9.84. The molecule has 0 spiro atoms. The quantitative estimate of drug-likeness (QED) is 0.180. The number of hydrogen-bond donors (Lipinski definition) is 0. The van der Waals surface area contributed by atoms with Crippen LogP contribution in [0.1, 0.15) is 17.9 Å². The van der Waals surface area contributed by atoms with Crippen LogP contribution in [0.15, 0.2) is 160 Å². The van der Waals surface area contributed by atoms with Gasteiger partial charge in [-0.3, -0.25) is 0 Å². The lowest BCUT2D eigenvalue weighted by molar-refractivity contribution is 0.573. The Morgan fingerprint density at radius 1 is 0.440 bits per heavy atom. The van der Waals surface area contributed by atoms with Gasteiger partial charge < -0.3 is 8.83 Å². The smallest absolute Gasteiger partial charge is 0.143 e. The Kier molecular flexibility index (Phi) is 5.82. The van der Waals surface area contributed by atoms with E-state index >= 15 is 0 Å². The van der Waals surface area contributed by atoms with E-state index in [0.717, 1.165) is 55.5 Å². The number of para-hydroxylation sites is 1. The highest BCUT2D eigenvalue weighted by Crippen LogP contribution is 2.44. The predicted octanol–water partition coefficient (Wildman–Crippen LogP) is 11.9. The number of furan rings is 2. The van der Waals surface area contributed by atoms with E-state index in [2.05, 4.69) is 152 Å². The Labute approximate surface area is 287 Å². The van der Waals surface area contributed by atoms with Crippen molar-refractivity contribution in [2.24, 2.45) is 0 Å². The van der Waals surface area contributed by atoms with Gasteiger partial charge in [0.2, 0.25) is 0 Å². The van der Waals surface area contributed by atoms with Crippen molar-refractivity contribution in [1.29, 1.82) is 0 Å². The largest absolute Gasteiger partial charge is 0.456 e. The van der Waals surface area contributed by atoms with Gasteiger partial charge in [0.1, 0.15) is 22.2 Å². The molecule has 1 unspecified atom stereocenters. The molecule has 11 rings (SSSR count). The van der Waals surface area contributed by atoms with Crippen LogP contribution in [0, 0.1) is 0 Å². The van der Waals surface area contributed by atoms with Gasteiger partial charge in [-0.15, -0.1) is 0 Å². The topological polar surface area (TPSA) is 26.3 Å². The molecule has 234 valence electrons. The molecule has 0 radical (unpaired) electrons. The fourth-order valence-electron chi connectivity index (χ4n) is 8.47. The van der Waals surface area contributed by atoms with Crippen LogP contribution in [0.3, 0.4) is 0 Å². The van der Waals surface area contributed by atoms with Gasteiger partial charge in [-0.25, -0.2) is 0 Å². The molecule has 50 heavy (non-hydrogen) atoms. The maximum Gasteiger partial charge on any atom is 0.143 e. The summed E-state index contributed by atoms with van der Waals surface area (Å²) in [5, 5.41) is 11.9. The van der Waals surface area contributed by atoms with E-state index in [1.165, 1.54) is 54.6 Å². The first-order chi connectivity index (χ1) is 24.8. The van der Waals surface area contributed by atoms with E-state index in [4.69, 9.17) is 8.83 Å². The lowest BCUT2D eigenvalue weighted by Crippen LogP contribution is -2.24. The Hall–Kier alpha value is -6.38. The zero-order valence-electron chi connectivity index (χ0n) is 27.2. The molecule has 2 aromatic heterocycles. The van der Waals surface area contributed by atoms with Crippen molar-refractivity contribution in [3.63, 3.8) is 0 Å². The minimum Gasteiger partial charge on any atom is -0.456 e. The van der Waals surface area contributed by atoms with E-state index in [9.17, 15) is 0 Å². The van der Waals surface area contributed by atoms with Crippen molar-refractivity contribution >= 4 is 77.4 Å². The molecule has 1 aliphatic carbocycles. The van der Waals surface area contributed by atoms with Crippen LogP contribution < -0.4 is 10.6 Å². The van der Waals surface area contributed by atoms with E-state index in [1.54, 1.807) is 0 Å². The highest BCUT2D eigenvalue weighted by atomic mass is 16.3. The monoisotopic (exact) mass is 638 g/mol. The molecule has 10 aromatic rings. The fraction of sp³-hybridized carbons (Fsp3) is 0.0417. The second-order valence-electron chi connectivity index (χ2n) is 13.5. The summed E-state index contributed by atoms with van der Waals surface area (Å²) in [7, 11) is 0. The molecule has 0 fully saturated rings. The molecule has 2 heteroatoms. The van der Waals surface area contributed by atoms with Crippen LogP contribution in [0.5, 0.6) is 0 Å². The first-order valence-corrected chi connectivity index (χ1v) is 17.4. The standard InChI is InChI=1S/C48H30O2/c1-2-11-29(12-3-1)46-35-16-4-6-18-37(35)47(38-19-7-5-17-36(38)46)33-14-10-13-30(25-33)31-22-24-44-41(26-31)39-23-21-32-27-45-42(28-40(32)48(39)50-44)34-15-8-9-20-43(34)49-45/h1-21,23-28,31H,22H2. The molecule has 8 aromatic carbocycles. The molecular weight excluding hydrogens is 609 g/mol. The first kappa shape index (κ1) is 27.6. The molecule has 0 aliphatic heterocycles. The highest BCUT2D eigenvalue weighted by molar-refractivity contribution is 6.21. The van der Waals surface area contributed by atoms with Gasteiger partial charge in [-0.2, -0.15) is 0 Å². The van der Waals surface area contributed by atoms with Crippen LogP contribution >= 0.6 is 0 Å². The third kappa shape index (κ3) is 4.02. The van der Waals surface area contributed by atoms with Gasteiger partial charge in [-0.05, 0) is 91.5 Å². The molecule has 2 heterocycles. The third-order valence-corrected chi connectivity index (χ3v) is 10.8. The summed E-state index contributed by atoms with van der Waals surface area (Å²) < 4.78 is 12.8. The summed E-state index contributed by atoms with van der Waals surface area (Å²) in [6.07, 6.45) is 5.59. The first-order valence-electron chi connectivity index (χ1n) is 17.4. The van der Waals surface area contributed by atoms with Crippen molar-refractivity contribution in [2.75, 3.05) is 0 Å². The molecular formula is C48H30O2. The van der Waals surface area contributed by atoms with Crippen molar-refractivity contribution < 1.29 is 8.83 Å². The summed E-state index contributed by atoms with van der Waals surface area (Å²) in [5.41, 5.74) is 10.1. The molecule has 0 bridgehead atoms. The van der Waals surface area contributed by atoms with Gasteiger partial charge in [0.05, 0.1) is 0 Å². The van der Waals surface area contributed by atoms with Crippen molar-refractivity contribution in [1.82, 2.24) is 0 Å². The third-order valence-electron chi connectivity index (χ3n) is 10.8. The summed E-state index contributed by atoms with van der Waals surface area (Å²) in [5.74, 6) is 0.236. The van der Waals surface area contributed by atoms with E-state index < -0.39 is 0 Å². The zero-order chi connectivity index (χ0) is 32.8. The second-order valence-corrected chi connectivity index (χ2v) is 13.5. The Balaban J connectivity index is 1.08.